The minimum atomic E-state index is -3.51. The fourth-order valence-corrected chi connectivity index (χ4v) is 1.60. The van der Waals surface area contributed by atoms with Gasteiger partial charge in [-0.2, -0.15) is 8.42 Å². The lowest BCUT2D eigenvalue weighted by atomic mass is 10.1. The smallest absolute Gasteiger partial charge is 0.337 e. The third-order valence-corrected chi connectivity index (χ3v) is 2.69. The number of benzene rings is 1. The maximum Gasteiger partial charge on any atom is 0.337 e. The van der Waals surface area contributed by atoms with Crippen LogP contribution in [0, 0.1) is 0 Å². The van der Waals surface area contributed by atoms with Gasteiger partial charge in [-0.25, -0.2) is 4.79 Å². The van der Waals surface area contributed by atoms with E-state index in [1.54, 1.807) is 24.3 Å². The van der Waals surface area contributed by atoms with Gasteiger partial charge in [0.1, 0.15) is 0 Å². The van der Waals surface area contributed by atoms with Crippen molar-refractivity contribution in [3.63, 3.8) is 0 Å². The van der Waals surface area contributed by atoms with E-state index >= 15 is 0 Å². The molecule has 0 aromatic heterocycles. The zero-order chi connectivity index (χ0) is 13.8. The molecule has 0 unspecified atom stereocenters. The SMILES string of the molecule is C=C(COS(C)(=O)=O)c1cccc(C(=O)OC)c1. The zero-order valence-electron chi connectivity index (χ0n) is 10.2. The van der Waals surface area contributed by atoms with E-state index in [9.17, 15) is 13.2 Å². The Balaban J connectivity index is 2.84. The highest BCUT2D eigenvalue weighted by Gasteiger charge is 2.09. The highest BCUT2D eigenvalue weighted by Crippen LogP contribution is 2.15. The van der Waals surface area contributed by atoms with Crippen LogP contribution in [0.5, 0.6) is 0 Å². The van der Waals surface area contributed by atoms with Gasteiger partial charge in [0.15, 0.2) is 0 Å². The van der Waals surface area contributed by atoms with Crippen molar-refractivity contribution in [2.45, 2.75) is 0 Å². The number of carbonyl (C=O) groups is 1. The fourth-order valence-electron chi connectivity index (χ4n) is 1.25. The van der Waals surface area contributed by atoms with E-state index in [0.29, 0.717) is 16.7 Å². The molecule has 1 aromatic carbocycles. The molecule has 1 rings (SSSR count). The van der Waals surface area contributed by atoms with Gasteiger partial charge in [0.05, 0.1) is 25.5 Å². The summed E-state index contributed by atoms with van der Waals surface area (Å²) in [6, 6.07) is 6.54. The number of hydrogen-bond donors (Lipinski definition) is 0. The van der Waals surface area contributed by atoms with E-state index in [0.717, 1.165) is 6.26 Å². The molecule has 0 aliphatic heterocycles. The average molecular weight is 270 g/mol. The van der Waals surface area contributed by atoms with Crippen LogP contribution < -0.4 is 0 Å². The van der Waals surface area contributed by atoms with Gasteiger partial charge in [0.25, 0.3) is 10.1 Å². The number of methoxy groups -OCH3 is 1. The Kier molecular flexibility index (Phi) is 4.63. The fraction of sp³-hybridized carbons (Fsp3) is 0.250. The standard InChI is InChI=1S/C12H14O5S/c1-9(8-17-18(3,14)15)10-5-4-6-11(7-10)12(13)16-2/h4-7H,1,8H2,2-3H3. The molecule has 6 heteroatoms. The molecule has 98 valence electrons. The zero-order valence-corrected chi connectivity index (χ0v) is 11.0. The maximum atomic E-state index is 11.3. The number of ether oxygens (including phenoxy) is 1. The van der Waals surface area contributed by atoms with E-state index in [-0.39, 0.29) is 6.61 Å². The summed E-state index contributed by atoms with van der Waals surface area (Å²) in [5.41, 5.74) is 1.46. The first kappa shape index (κ1) is 14.4. The third kappa shape index (κ3) is 4.31. The van der Waals surface area contributed by atoms with Gasteiger partial charge in [0, 0.05) is 0 Å². The minimum Gasteiger partial charge on any atom is -0.465 e. The van der Waals surface area contributed by atoms with Crippen LogP contribution in [-0.2, 0) is 19.0 Å². The van der Waals surface area contributed by atoms with Crippen LogP contribution in [0.25, 0.3) is 5.57 Å². The van der Waals surface area contributed by atoms with Crippen LogP contribution in [0.1, 0.15) is 15.9 Å². The lowest BCUT2D eigenvalue weighted by Crippen LogP contribution is -2.06. The topological polar surface area (TPSA) is 69.7 Å². The number of rotatable bonds is 5. The average Bonchev–Trinajstić information content (AvgIpc) is 2.34. The molecule has 0 bridgehead atoms. The second kappa shape index (κ2) is 5.79. The summed E-state index contributed by atoms with van der Waals surface area (Å²) in [5.74, 6) is -0.464. The Morgan fingerprint density at radius 1 is 1.33 bits per heavy atom. The van der Waals surface area contributed by atoms with Gasteiger partial charge in [-0.1, -0.05) is 18.7 Å². The van der Waals surface area contributed by atoms with Gasteiger partial charge in [-0.3, -0.25) is 4.18 Å². The van der Waals surface area contributed by atoms with Crippen molar-refractivity contribution in [2.24, 2.45) is 0 Å². The highest BCUT2D eigenvalue weighted by atomic mass is 32.2. The van der Waals surface area contributed by atoms with Crippen LogP contribution in [0.4, 0.5) is 0 Å². The van der Waals surface area contributed by atoms with Gasteiger partial charge in [-0.05, 0) is 23.3 Å². The van der Waals surface area contributed by atoms with E-state index in [1.165, 1.54) is 7.11 Å². The number of carbonyl (C=O) groups excluding carboxylic acids is 1. The molecule has 0 aliphatic carbocycles. The molecule has 0 radical (unpaired) electrons. The van der Waals surface area contributed by atoms with Crippen molar-refractivity contribution in [3.05, 3.63) is 42.0 Å². The van der Waals surface area contributed by atoms with Crippen molar-refractivity contribution >= 4 is 21.7 Å². The Morgan fingerprint density at radius 2 is 1.94 bits per heavy atom. The van der Waals surface area contributed by atoms with Crippen LogP contribution >= 0.6 is 0 Å². The van der Waals surface area contributed by atoms with E-state index < -0.39 is 16.1 Å². The number of esters is 1. The summed E-state index contributed by atoms with van der Waals surface area (Å²) in [6.07, 6.45) is 0.963. The lowest BCUT2D eigenvalue weighted by molar-refractivity contribution is 0.0600. The maximum absolute atomic E-state index is 11.3. The summed E-state index contributed by atoms with van der Waals surface area (Å²) < 4.78 is 30.9. The molecule has 1 aromatic rings. The van der Waals surface area contributed by atoms with Gasteiger partial charge >= 0.3 is 5.97 Å². The third-order valence-electron chi connectivity index (χ3n) is 2.14. The predicted octanol–water partition coefficient (Wildman–Crippen LogP) is 1.46. The lowest BCUT2D eigenvalue weighted by Gasteiger charge is -2.07. The Labute approximate surface area is 106 Å². The Hall–Kier alpha value is -1.66. The first-order valence-electron chi connectivity index (χ1n) is 5.04. The van der Waals surface area contributed by atoms with E-state index in [1.807, 2.05) is 0 Å². The van der Waals surface area contributed by atoms with Crippen molar-refractivity contribution < 1.29 is 22.1 Å². The summed E-state index contributed by atoms with van der Waals surface area (Å²) in [6.45, 7) is 3.56. The van der Waals surface area contributed by atoms with Gasteiger partial charge in [-0.15, -0.1) is 0 Å². The summed E-state index contributed by atoms with van der Waals surface area (Å²) in [4.78, 5) is 11.3. The van der Waals surface area contributed by atoms with Crippen LogP contribution in [0.2, 0.25) is 0 Å². The van der Waals surface area contributed by atoms with Crippen molar-refractivity contribution in [1.82, 2.24) is 0 Å². The minimum absolute atomic E-state index is 0.149. The van der Waals surface area contributed by atoms with Crippen molar-refractivity contribution in [1.29, 1.82) is 0 Å². The number of hydrogen-bond acceptors (Lipinski definition) is 5. The molecule has 0 spiro atoms. The Bertz CT molecular complexity index is 560. The molecule has 0 amide bonds. The predicted molar refractivity (Wildman–Crippen MR) is 67.6 cm³/mol. The molecular weight excluding hydrogens is 256 g/mol. The van der Waals surface area contributed by atoms with Crippen molar-refractivity contribution in [2.75, 3.05) is 20.0 Å². The Morgan fingerprint density at radius 3 is 2.50 bits per heavy atom. The molecule has 0 N–H and O–H groups in total. The molecule has 0 saturated heterocycles. The normalized spacial score (nSPS) is 11.0. The van der Waals surface area contributed by atoms with Gasteiger partial charge < -0.3 is 4.74 Å². The summed E-state index contributed by atoms with van der Waals surface area (Å²) >= 11 is 0. The molecule has 0 fully saturated rings. The molecule has 0 aliphatic rings. The monoisotopic (exact) mass is 270 g/mol. The first-order valence-corrected chi connectivity index (χ1v) is 6.86. The van der Waals surface area contributed by atoms with Gasteiger partial charge in [0.2, 0.25) is 0 Å². The first-order chi connectivity index (χ1) is 8.33. The summed E-state index contributed by atoms with van der Waals surface area (Å²) in [7, 11) is -2.22. The molecule has 18 heavy (non-hydrogen) atoms. The highest BCUT2D eigenvalue weighted by molar-refractivity contribution is 7.86. The molecule has 0 saturated carbocycles. The largest absolute Gasteiger partial charge is 0.465 e. The van der Waals surface area contributed by atoms with E-state index in [4.69, 9.17) is 0 Å². The second-order valence-electron chi connectivity index (χ2n) is 3.64. The van der Waals surface area contributed by atoms with Crippen LogP contribution in [0.15, 0.2) is 30.8 Å². The van der Waals surface area contributed by atoms with Crippen LogP contribution in [-0.4, -0.2) is 34.4 Å². The van der Waals surface area contributed by atoms with Crippen LogP contribution in [0.3, 0.4) is 0 Å². The second-order valence-corrected chi connectivity index (χ2v) is 5.29. The molecule has 0 atom stereocenters. The summed E-state index contributed by atoms with van der Waals surface area (Å²) in [5, 5.41) is 0. The molecule has 0 heterocycles. The molecular formula is C12H14O5S. The molecule has 5 nitrogen and oxygen atoms in total. The quantitative estimate of drug-likeness (QED) is 0.598. The van der Waals surface area contributed by atoms with E-state index in [2.05, 4.69) is 15.5 Å². The van der Waals surface area contributed by atoms with Crippen molar-refractivity contribution in [3.8, 4) is 0 Å².